The van der Waals surface area contributed by atoms with Gasteiger partial charge in [0, 0.05) is 31.1 Å². The minimum absolute atomic E-state index is 0.0166. The Balaban J connectivity index is 1.32. The molecule has 2 aromatic carbocycles. The van der Waals surface area contributed by atoms with Crippen LogP contribution in [0, 0.1) is 5.92 Å². The molecule has 0 atom stereocenters. The van der Waals surface area contributed by atoms with Crippen molar-refractivity contribution in [2.75, 3.05) is 31.6 Å². The molecule has 6 nitrogen and oxygen atoms in total. The number of ether oxygens (including phenoxy) is 2. The molecular weight excluding hydrogens is 404 g/mol. The van der Waals surface area contributed by atoms with Crippen LogP contribution in [0.1, 0.15) is 24.8 Å². The van der Waals surface area contributed by atoms with E-state index in [0.717, 1.165) is 17.7 Å². The number of halogens is 1. The summed E-state index contributed by atoms with van der Waals surface area (Å²) in [5.74, 6) is 1.11. The van der Waals surface area contributed by atoms with E-state index in [1.54, 1.807) is 6.07 Å². The predicted octanol–water partition coefficient (Wildman–Crippen LogP) is 3.92. The van der Waals surface area contributed by atoms with Gasteiger partial charge in [0.05, 0.1) is 24.7 Å². The van der Waals surface area contributed by atoms with Crippen molar-refractivity contribution in [3.05, 3.63) is 53.1 Å². The fraction of sp³-hybridized carbons (Fsp3) is 0.391. The first-order valence-corrected chi connectivity index (χ1v) is 10.7. The number of para-hydroxylation sites is 1. The molecule has 7 heteroatoms. The largest absolute Gasteiger partial charge is 0.489 e. The van der Waals surface area contributed by atoms with Crippen LogP contribution in [-0.2, 0) is 16.0 Å². The summed E-state index contributed by atoms with van der Waals surface area (Å²) in [6.07, 6.45) is 2.36. The van der Waals surface area contributed by atoms with Gasteiger partial charge in [-0.1, -0.05) is 29.8 Å². The first-order valence-electron chi connectivity index (χ1n) is 10.3. The molecule has 1 N–H and O–H groups in total. The van der Waals surface area contributed by atoms with Crippen LogP contribution >= 0.6 is 11.6 Å². The van der Waals surface area contributed by atoms with E-state index in [2.05, 4.69) is 5.32 Å². The van der Waals surface area contributed by atoms with Crippen molar-refractivity contribution in [2.45, 2.75) is 25.7 Å². The number of amides is 2. The molecule has 0 bridgehead atoms. The van der Waals surface area contributed by atoms with Gasteiger partial charge in [0.1, 0.15) is 0 Å². The maximum Gasteiger partial charge on any atom is 0.227 e. The number of likely N-dealkylation sites (tertiary alicyclic amines) is 1. The van der Waals surface area contributed by atoms with Crippen LogP contribution in [0.15, 0.2) is 42.5 Å². The van der Waals surface area contributed by atoms with Gasteiger partial charge in [0.15, 0.2) is 11.5 Å². The average molecular weight is 429 g/mol. The number of carbonyl (C=O) groups is 2. The predicted molar refractivity (Wildman–Crippen MR) is 115 cm³/mol. The second-order valence-corrected chi connectivity index (χ2v) is 8.05. The minimum Gasteiger partial charge on any atom is -0.489 e. The third-order valence-electron chi connectivity index (χ3n) is 5.48. The van der Waals surface area contributed by atoms with Crippen molar-refractivity contribution < 1.29 is 19.1 Å². The number of nitrogens with one attached hydrogen (secondary N) is 1. The maximum atomic E-state index is 12.8. The van der Waals surface area contributed by atoms with E-state index >= 15 is 0 Å². The van der Waals surface area contributed by atoms with E-state index in [1.807, 2.05) is 41.3 Å². The summed E-state index contributed by atoms with van der Waals surface area (Å²) >= 11 is 6.34. The Labute approximate surface area is 181 Å². The first-order chi connectivity index (χ1) is 14.6. The summed E-state index contributed by atoms with van der Waals surface area (Å²) < 4.78 is 11.3. The maximum absolute atomic E-state index is 12.8. The van der Waals surface area contributed by atoms with Gasteiger partial charge in [-0.15, -0.1) is 0 Å². The van der Waals surface area contributed by atoms with Crippen molar-refractivity contribution in [3.63, 3.8) is 0 Å². The molecule has 1 saturated heterocycles. The SMILES string of the molecule is O=C(Nc1ccccc1)C1CCN(C(=O)Cc2cc(Cl)c3c(c2)OCCCO3)CC1. The Kier molecular flexibility index (Phi) is 6.43. The molecule has 2 aromatic rings. The number of rotatable bonds is 4. The minimum atomic E-state index is -0.0817. The highest BCUT2D eigenvalue weighted by Crippen LogP contribution is 2.38. The molecule has 0 spiro atoms. The number of carbonyl (C=O) groups excluding carboxylic acids is 2. The van der Waals surface area contributed by atoms with Crippen molar-refractivity contribution in [1.29, 1.82) is 0 Å². The summed E-state index contributed by atoms with van der Waals surface area (Å²) in [7, 11) is 0. The molecule has 2 aliphatic heterocycles. The Morgan fingerprint density at radius 3 is 2.57 bits per heavy atom. The van der Waals surface area contributed by atoms with Crippen LogP contribution in [0.5, 0.6) is 11.5 Å². The van der Waals surface area contributed by atoms with E-state index in [9.17, 15) is 9.59 Å². The molecule has 30 heavy (non-hydrogen) atoms. The molecule has 0 aliphatic carbocycles. The van der Waals surface area contributed by atoms with Crippen LogP contribution in [0.2, 0.25) is 5.02 Å². The molecular formula is C23H25ClN2O4. The average Bonchev–Trinajstić information content (AvgIpc) is 3.00. The Hall–Kier alpha value is -2.73. The summed E-state index contributed by atoms with van der Waals surface area (Å²) in [4.78, 5) is 27.1. The third kappa shape index (κ3) is 4.87. The van der Waals surface area contributed by atoms with Gasteiger partial charge in [-0.3, -0.25) is 9.59 Å². The van der Waals surface area contributed by atoms with Crippen LogP contribution in [0.3, 0.4) is 0 Å². The molecule has 0 aromatic heterocycles. The van der Waals surface area contributed by atoms with Gasteiger partial charge in [-0.25, -0.2) is 0 Å². The van der Waals surface area contributed by atoms with Crippen LogP contribution in [0.4, 0.5) is 5.69 Å². The highest BCUT2D eigenvalue weighted by atomic mass is 35.5. The number of anilines is 1. The third-order valence-corrected chi connectivity index (χ3v) is 5.76. The number of hydrogen-bond acceptors (Lipinski definition) is 4. The Morgan fingerprint density at radius 2 is 1.80 bits per heavy atom. The molecule has 2 amide bonds. The molecule has 0 radical (unpaired) electrons. The lowest BCUT2D eigenvalue weighted by atomic mass is 9.95. The fourth-order valence-corrected chi connectivity index (χ4v) is 4.12. The highest BCUT2D eigenvalue weighted by molar-refractivity contribution is 6.32. The number of benzene rings is 2. The van der Waals surface area contributed by atoms with Crippen molar-refractivity contribution in [2.24, 2.45) is 5.92 Å². The lowest BCUT2D eigenvalue weighted by Gasteiger charge is -2.31. The summed E-state index contributed by atoms with van der Waals surface area (Å²) in [5.41, 5.74) is 1.60. The Morgan fingerprint density at radius 1 is 1.07 bits per heavy atom. The monoisotopic (exact) mass is 428 g/mol. The van der Waals surface area contributed by atoms with Crippen molar-refractivity contribution >= 4 is 29.1 Å². The van der Waals surface area contributed by atoms with Gasteiger partial charge in [0.25, 0.3) is 0 Å². The highest BCUT2D eigenvalue weighted by Gasteiger charge is 2.28. The van der Waals surface area contributed by atoms with Gasteiger partial charge in [-0.2, -0.15) is 0 Å². The van der Waals surface area contributed by atoms with Crippen molar-refractivity contribution in [3.8, 4) is 11.5 Å². The zero-order chi connectivity index (χ0) is 20.9. The first kappa shape index (κ1) is 20.5. The van der Waals surface area contributed by atoms with Gasteiger partial charge in [0.2, 0.25) is 11.8 Å². The smallest absolute Gasteiger partial charge is 0.227 e. The molecule has 158 valence electrons. The number of fused-ring (bicyclic) bond motifs is 1. The van der Waals surface area contributed by atoms with Crippen LogP contribution < -0.4 is 14.8 Å². The molecule has 1 fully saturated rings. The molecule has 0 unspecified atom stereocenters. The van der Waals surface area contributed by atoms with E-state index in [1.165, 1.54) is 0 Å². The quantitative estimate of drug-likeness (QED) is 0.801. The van der Waals surface area contributed by atoms with Crippen LogP contribution in [-0.4, -0.2) is 43.0 Å². The Bertz CT molecular complexity index is 911. The van der Waals surface area contributed by atoms with Gasteiger partial charge >= 0.3 is 0 Å². The fourth-order valence-electron chi connectivity index (χ4n) is 3.83. The lowest BCUT2D eigenvalue weighted by molar-refractivity contribution is -0.133. The summed E-state index contributed by atoms with van der Waals surface area (Å²) in [6, 6.07) is 13.0. The van der Waals surface area contributed by atoms with E-state index < -0.39 is 0 Å². The van der Waals surface area contributed by atoms with Crippen LogP contribution in [0.25, 0.3) is 0 Å². The summed E-state index contributed by atoms with van der Waals surface area (Å²) in [5, 5.41) is 3.42. The van der Waals surface area contributed by atoms with Crippen molar-refractivity contribution in [1.82, 2.24) is 4.90 Å². The summed E-state index contributed by atoms with van der Waals surface area (Å²) in [6.45, 7) is 2.28. The van der Waals surface area contributed by atoms with E-state index in [4.69, 9.17) is 21.1 Å². The standard InChI is InChI=1S/C23H25ClN2O4/c24-19-13-16(14-20-22(19)30-12-4-11-29-20)15-21(27)26-9-7-17(8-10-26)23(28)25-18-5-2-1-3-6-18/h1-3,5-6,13-14,17H,4,7-12,15H2,(H,25,28). The van der Waals surface area contributed by atoms with E-state index in [0.29, 0.717) is 55.7 Å². The molecule has 2 aliphatic rings. The van der Waals surface area contributed by atoms with Gasteiger partial charge in [-0.05, 0) is 42.7 Å². The zero-order valence-electron chi connectivity index (χ0n) is 16.7. The molecule has 2 heterocycles. The zero-order valence-corrected chi connectivity index (χ0v) is 17.5. The molecule has 4 rings (SSSR count). The second kappa shape index (κ2) is 9.39. The number of piperidine rings is 1. The number of hydrogen-bond donors (Lipinski definition) is 1. The normalized spacial score (nSPS) is 16.6. The van der Waals surface area contributed by atoms with E-state index in [-0.39, 0.29) is 24.2 Å². The number of nitrogens with zero attached hydrogens (tertiary/aromatic N) is 1. The second-order valence-electron chi connectivity index (χ2n) is 7.64. The molecule has 0 saturated carbocycles. The van der Waals surface area contributed by atoms with Gasteiger partial charge < -0.3 is 19.7 Å². The topological polar surface area (TPSA) is 67.9 Å². The lowest BCUT2D eigenvalue weighted by Crippen LogP contribution is -2.42.